The van der Waals surface area contributed by atoms with Crippen molar-refractivity contribution in [2.75, 3.05) is 25.4 Å². The molecule has 100 valence electrons. The first kappa shape index (κ1) is 13.9. The van der Waals surface area contributed by atoms with Gasteiger partial charge in [-0.1, -0.05) is 24.3 Å². The number of thioether (sulfide) groups is 1. The SMILES string of the molecule is Cc1ccccc1C(CN)N1CCSC(C)(C)C1. The van der Waals surface area contributed by atoms with Gasteiger partial charge in [-0.3, -0.25) is 4.90 Å². The predicted octanol–water partition coefficient (Wildman–Crippen LogP) is 2.82. The Morgan fingerprint density at radius 2 is 2.11 bits per heavy atom. The van der Waals surface area contributed by atoms with Crippen molar-refractivity contribution in [3.63, 3.8) is 0 Å². The smallest absolute Gasteiger partial charge is 0.0473 e. The topological polar surface area (TPSA) is 29.3 Å². The summed E-state index contributed by atoms with van der Waals surface area (Å²) in [5, 5.41) is 0. The van der Waals surface area contributed by atoms with Crippen molar-refractivity contribution >= 4 is 11.8 Å². The molecule has 0 radical (unpaired) electrons. The summed E-state index contributed by atoms with van der Waals surface area (Å²) in [5.41, 5.74) is 8.79. The number of hydrogen-bond donors (Lipinski definition) is 1. The van der Waals surface area contributed by atoms with Crippen molar-refractivity contribution in [3.05, 3.63) is 35.4 Å². The van der Waals surface area contributed by atoms with Crippen molar-refractivity contribution in [1.82, 2.24) is 4.90 Å². The molecule has 0 aliphatic carbocycles. The molecule has 0 spiro atoms. The highest BCUT2D eigenvalue weighted by Crippen LogP contribution is 2.34. The molecule has 0 saturated carbocycles. The van der Waals surface area contributed by atoms with Gasteiger partial charge in [-0.25, -0.2) is 0 Å². The number of nitrogens with two attached hydrogens (primary N) is 1. The summed E-state index contributed by atoms with van der Waals surface area (Å²) < 4.78 is 0.342. The monoisotopic (exact) mass is 264 g/mol. The van der Waals surface area contributed by atoms with Crippen molar-refractivity contribution in [2.24, 2.45) is 5.73 Å². The fourth-order valence-electron chi connectivity index (χ4n) is 2.75. The molecule has 2 N–H and O–H groups in total. The van der Waals surface area contributed by atoms with Crippen LogP contribution in [0.1, 0.15) is 31.0 Å². The minimum atomic E-state index is 0.342. The number of aryl methyl sites for hydroxylation is 1. The van der Waals surface area contributed by atoms with Gasteiger partial charge in [-0.2, -0.15) is 11.8 Å². The highest BCUT2D eigenvalue weighted by atomic mass is 32.2. The van der Waals surface area contributed by atoms with Crippen molar-refractivity contribution in [3.8, 4) is 0 Å². The third-order valence-electron chi connectivity index (χ3n) is 3.67. The van der Waals surface area contributed by atoms with E-state index in [0.29, 0.717) is 17.3 Å². The minimum Gasteiger partial charge on any atom is -0.329 e. The van der Waals surface area contributed by atoms with Gasteiger partial charge < -0.3 is 5.73 Å². The van der Waals surface area contributed by atoms with E-state index in [1.807, 2.05) is 0 Å². The molecule has 1 saturated heterocycles. The van der Waals surface area contributed by atoms with Crippen LogP contribution in [-0.2, 0) is 0 Å². The molecule has 2 rings (SSSR count). The Morgan fingerprint density at radius 1 is 1.39 bits per heavy atom. The van der Waals surface area contributed by atoms with Crippen LogP contribution in [0, 0.1) is 6.92 Å². The zero-order valence-electron chi connectivity index (χ0n) is 11.6. The first-order chi connectivity index (χ1) is 8.53. The highest BCUT2D eigenvalue weighted by Gasteiger charge is 2.31. The molecule has 0 aromatic heterocycles. The standard InChI is InChI=1S/C15H24N2S/c1-12-6-4-5-7-13(12)14(10-16)17-8-9-18-15(2,3)11-17/h4-7,14H,8-11,16H2,1-3H3. The lowest BCUT2D eigenvalue weighted by Crippen LogP contribution is -2.46. The fourth-order valence-corrected chi connectivity index (χ4v) is 3.89. The van der Waals surface area contributed by atoms with E-state index >= 15 is 0 Å². The Kier molecular flexibility index (Phi) is 4.36. The van der Waals surface area contributed by atoms with Gasteiger partial charge in [0.15, 0.2) is 0 Å². The Balaban J connectivity index is 2.21. The first-order valence-electron chi connectivity index (χ1n) is 6.67. The normalized spacial score (nSPS) is 21.8. The van der Waals surface area contributed by atoms with Crippen molar-refractivity contribution < 1.29 is 0 Å². The second-order valence-corrected chi connectivity index (χ2v) is 7.49. The predicted molar refractivity (Wildman–Crippen MR) is 81.1 cm³/mol. The second kappa shape index (κ2) is 5.64. The van der Waals surface area contributed by atoms with Crippen LogP contribution < -0.4 is 5.73 Å². The number of rotatable bonds is 3. The number of hydrogen-bond acceptors (Lipinski definition) is 3. The molecule has 0 bridgehead atoms. The molecule has 18 heavy (non-hydrogen) atoms. The van der Waals surface area contributed by atoms with Crippen molar-refractivity contribution in [1.29, 1.82) is 0 Å². The van der Waals surface area contributed by atoms with Gasteiger partial charge in [0.2, 0.25) is 0 Å². The van der Waals surface area contributed by atoms with E-state index in [0.717, 1.165) is 13.1 Å². The van der Waals surface area contributed by atoms with Gasteiger partial charge in [0.25, 0.3) is 0 Å². The summed E-state index contributed by atoms with van der Waals surface area (Å²) in [6, 6.07) is 8.99. The molecule has 1 aromatic rings. The van der Waals surface area contributed by atoms with Crippen LogP contribution in [0.2, 0.25) is 0 Å². The molecule has 1 heterocycles. The molecule has 1 aromatic carbocycles. The summed E-state index contributed by atoms with van der Waals surface area (Å²) in [6.07, 6.45) is 0. The van der Waals surface area contributed by atoms with E-state index in [1.54, 1.807) is 0 Å². The summed E-state index contributed by atoms with van der Waals surface area (Å²) in [6.45, 7) is 9.80. The Morgan fingerprint density at radius 3 is 2.72 bits per heavy atom. The van der Waals surface area contributed by atoms with Crippen LogP contribution in [0.5, 0.6) is 0 Å². The maximum Gasteiger partial charge on any atom is 0.0473 e. The van der Waals surface area contributed by atoms with E-state index in [4.69, 9.17) is 5.73 Å². The molecule has 2 nitrogen and oxygen atoms in total. The van der Waals surface area contributed by atoms with E-state index in [-0.39, 0.29) is 0 Å². The molecule has 3 heteroatoms. The zero-order chi connectivity index (χ0) is 13.2. The third kappa shape index (κ3) is 3.08. The van der Waals surface area contributed by atoms with Crippen LogP contribution >= 0.6 is 11.8 Å². The average Bonchev–Trinajstić information content (AvgIpc) is 2.31. The summed E-state index contributed by atoms with van der Waals surface area (Å²) in [7, 11) is 0. The lowest BCUT2D eigenvalue weighted by atomic mass is 9.99. The van der Waals surface area contributed by atoms with Gasteiger partial charge >= 0.3 is 0 Å². The molecule has 0 amide bonds. The Labute approximate surface area is 115 Å². The molecule has 1 atom stereocenters. The van der Waals surface area contributed by atoms with Gasteiger partial charge in [0.05, 0.1) is 0 Å². The fraction of sp³-hybridized carbons (Fsp3) is 0.600. The molecule has 1 aliphatic rings. The van der Waals surface area contributed by atoms with E-state index in [2.05, 4.69) is 61.7 Å². The van der Waals surface area contributed by atoms with Gasteiger partial charge in [0, 0.05) is 36.2 Å². The van der Waals surface area contributed by atoms with Crippen LogP contribution in [0.25, 0.3) is 0 Å². The van der Waals surface area contributed by atoms with Gasteiger partial charge in [0.1, 0.15) is 0 Å². The first-order valence-corrected chi connectivity index (χ1v) is 7.66. The lowest BCUT2D eigenvalue weighted by molar-refractivity contribution is 0.192. The Bertz CT molecular complexity index is 403. The Hall–Kier alpha value is -0.510. The van der Waals surface area contributed by atoms with Crippen LogP contribution in [0.4, 0.5) is 0 Å². The summed E-state index contributed by atoms with van der Waals surface area (Å²) in [5.74, 6) is 1.20. The van der Waals surface area contributed by atoms with Gasteiger partial charge in [-0.05, 0) is 31.9 Å². The molecule has 1 aliphatic heterocycles. The average molecular weight is 264 g/mol. The lowest BCUT2D eigenvalue weighted by Gasteiger charge is -2.42. The van der Waals surface area contributed by atoms with Gasteiger partial charge in [-0.15, -0.1) is 0 Å². The third-order valence-corrected chi connectivity index (χ3v) is 4.96. The van der Waals surface area contributed by atoms with Crippen LogP contribution in [0.15, 0.2) is 24.3 Å². The maximum atomic E-state index is 6.04. The van der Waals surface area contributed by atoms with Crippen LogP contribution in [0.3, 0.4) is 0 Å². The van der Waals surface area contributed by atoms with E-state index in [9.17, 15) is 0 Å². The summed E-state index contributed by atoms with van der Waals surface area (Å²) >= 11 is 2.07. The van der Waals surface area contributed by atoms with Crippen molar-refractivity contribution in [2.45, 2.75) is 31.6 Å². The number of nitrogens with zero attached hydrogens (tertiary/aromatic N) is 1. The number of benzene rings is 1. The van der Waals surface area contributed by atoms with E-state index in [1.165, 1.54) is 16.9 Å². The molecule has 1 fully saturated rings. The quantitative estimate of drug-likeness (QED) is 0.910. The molecular formula is C15H24N2S. The maximum absolute atomic E-state index is 6.04. The molecule has 1 unspecified atom stereocenters. The van der Waals surface area contributed by atoms with E-state index < -0.39 is 0 Å². The molecular weight excluding hydrogens is 240 g/mol. The second-order valence-electron chi connectivity index (χ2n) is 5.69. The van der Waals surface area contributed by atoms with Crippen LogP contribution in [-0.4, -0.2) is 35.0 Å². The minimum absolute atomic E-state index is 0.342. The highest BCUT2D eigenvalue weighted by molar-refractivity contribution is 8.00. The zero-order valence-corrected chi connectivity index (χ0v) is 12.5. The summed E-state index contributed by atoms with van der Waals surface area (Å²) in [4.78, 5) is 2.55. The largest absolute Gasteiger partial charge is 0.329 e.